The molecule has 1 atom stereocenters. The Morgan fingerprint density at radius 2 is 1.95 bits per heavy atom. The Hall–Kier alpha value is -1.25. The second-order valence-corrected chi connectivity index (χ2v) is 5.80. The van der Waals surface area contributed by atoms with Gasteiger partial charge < -0.3 is 9.73 Å². The zero-order valence-corrected chi connectivity index (χ0v) is 12.5. The van der Waals surface area contributed by atoms with Crippen LogP contribution in [0.25, 0.3) is 0 Å². The van der Waals surface area contributed by atoms with Crippen molar-refractivity contribution >= 4 is 11.6 Å². The van der Waals surface area contributed by atoms with Crippen molar-refractivity contribution in [2.45, 2.75) is 38.1 Å². The van der Waals surface area contributed by atoms with Gasteiger partial charge in [-0.3, -0.25) is 0 Å². The van der Waals surface area contributed by atoms with Gasteiger partial charge in [0.05, 0.1) is 6.04 Å². The van der Waals surface area contributed by atoms with Crippen molar-refractivity contribution in [1.82, 2.24) is 5.32 Å². The van der Waals surface area contributed by atoms with Crippen LogP contribution in [0.1, 0.15) is 55.0 Å². The summed E-state index contributed by atoms with van der Waals surface area (Å²) in [7, 11) is 0. The minimum Gasteiger partial charge on any atom is -0.448 e. The highest BCUT2D eigenvalue weighted by Gasteiger charge is 2.21. The van der Waals surface area contributed by atoms with Crippen LogP contribution in [0.2, 0.25) is 5.22 Å². The number of furan rings is 1. The van der Waals surface area contributed by atoms with Crippen LogP contribution in [0.4, 0.5) is 0 Å². The molecule has 1 aromatic heterocycles. The lowest BCUT2D eigenvalue weighted by molar-refractivity contribution is 0.419. The zero-order chi connectivity index (χ0) is 13.9. The predicted molar refractivity (Wildman–Crippen MR) is 82.3 cm³/mol. The molecular formula is C17H20ClNO. The molecule has 0 spiro atoms. The van der Waals surface area contributed by atoms with Gasteiger partial charge in [-0.1, -0.05) is 37.6 Å². The van der Waals surface area contributed by atoms with Crippen LogP contribution < -0.4 is 5.32 Å². The molecule has 0 aliphatic heterocycles. The summed E-state index contributed by atoms with van der Waals surface area (Å²) in [4.78, 5) is 0. The highest BCUT2D eigenvalue weighted by molar-refractivity contribution is 6.28. The van der Waals surface area contributed by atoms with E-state index in [4.69, 9.17) is 16.0 Å². The molecule has 1 aliphatic rings. The zero-order valence-electron chi connectivity index (χ0n) is 11.7. The summed E-state index contributed by atoms with van der Waals surface area (Å²) < 4.78 is 5.57. The fraction of sp³-hybridized carbons (Fsp3) is 0.412. The molecule has 0 saturated heterocycles. The van der Waals surface area contributed by atoms with Gasteiger partial charge in [-0.2, -0.15) is 0 Å². The van der Waals surface area contributed by atoms with Crippen LogP contribution in [-0.4, -0.2) is 6.54 Å². The fourth-order valence-corrected chi connectivity index (χ4v) is 2.92. The molecular weight excluding hydrogens is 270 g/mol. The molecule has 1 fully saturated rings. The Balaban J connectivity index is 1.83. The Kier molecular flexibility index (Phi) is 4.13. The minimum atomic E-state index is 0.0722. The van der Waals surface area contributed by atoms with E-state index in [1.54, 1.807) is 6.07 Å². The summed E-state index contributed by atoms with van der Waals surface area (Å²) in [5.41, 5.74) is 2.69. The Bertz CT molecular complexity index is 557. The van der Waals surface area contributed by atoms with Crippen molar-refractivity contribution in [2.24, 2.45) is 0 Å². The highest BCUT2D eigenvalue weighted by atomic mass is 35.5. The van der Waals surface area contributed by atoms with Crippen molar-refractivity contribution in [1.29, 1.82) is 0 Å². The molecule has 20 heavy (non-hydrogen) atoms. The number of hydrogen-bond donors (Lipinski definition) is 1. The van der Waals surface area contributed by atoms with E-state index in [9.17, 15) is 0 Å². The van der Waals surface area contributed by atoms with Crippen LogP contribution in [0.5, 0.6) is 0 Å². The van der Waals surface area contributed by atoms with E-state index in [1.807, 2.05) is 6.07 Å². The molecule has 1 N–H and O–H groups in total. The number of rotatable bonds is 5. The van der Waals surface area contributed by atoms with Crippen molar-refractivity contribution in [3.63, 3.8) is 0 Å². The maximum Gasteiger partial charge on any atom is 0.193 e. The molecule has 3 heteroatoms. The van der Waals surface area contributed by atoms with Gasteiger partial charge in [0.2, 0.25) is 0 Å². The Labute approximate surface area is 125 Å². The summed E-state index contributed by atoms with van der Waals surface area (Å²) in [5.74, 6) is 1.65. The molecule has 0 radical (unpaired) electrons. The molecule has 106 valence electrons. The molecule has 1 aromatic carbocycles. The maximum atomic E-state index is 5.89. The van der Waals surface area contributed by atoms with E-state index in [0.717, 1.165) is 18.2 Å². The van der Waals surface area contributed by atoms with Crippen molar-refractivity contribution in [3.05, 3.63) is 58.5 Å². The number of nitrogens with one attached hydrogen (secondary N) is 1. The topological polar surface area (TPSA) is 25.2 Å². The largest absolute Gasteiger partial charge is 0.448 e. The number of hydrogen-bond acceptors (Lipinski definition) is 2. The van der Waals surface area contributed by atoms with E-state index in [1.165, 1.54) is 30.4 Å². The molecule has 1 saturated carbocycles. The van der Waals surface area contributed by atoms with Gasteiger partial charge in [-0.15, -0.1) is 0 Å². The van der Waals surface area contributed by atoms with Crippen molar-refractivity contribution < 1.29 is 4.42 Å². The molecule has 3 rings (SSSR count). The van der Waals surface area contributed by atoms with Gasteiger partial charge in [0.15, 0.2) is 5.22 Å². The SMILES string of the molecule is CCNC(c1ccc(C2CCC2)cc1)c1ccc(Cl)o1. The summed E-state index contributed by atoms with van der Waals surface area (Å²) in [5, 5.41) is 3.89. The van der Waals surface area contributed by atoms with Gasteiger partial charge >= 0.3 is 0 Å². The first-order valence-electron chi connectivity index (χ1n) is 7.36. The lowest BCUT2D eigenvalue weighted by Crippen LogP contribution is -2.21. The first kappa shape index (κ1) is 13.7. The second-order valence-electron chi connectivity index (χ2n) is 5.43. The Morgan fingerprint density at radius 3 is 2.45 bits per heavy atom. The average Bonchev–Trinajstić information content (AvgIpc) is 2.82. The normalized spacial score (nSPS) is 16.9. The van der Waals surface area contributed by atoms with Gasteiger partial charge in [-0.25, -0.2) is 0 Å². The van der Waals surface area contributed by atoms with E-state index in [0.29, 0.717) is 5.22 Å². The van der Waals surface area contributed by atoms with Crippen LogP contribution in [-0.2, 0) is 0 Å². The quantitative estimate of drug-likeness (QED) is 0.847. The highest BCUT2D eigenvalue weighted by Crippen LogP contribution is 2.37. The predicted octanol–water partition coefficient (Wildman–Crippen LogP) is 4.90. The van der Waals surface area contributed by atoms with Crippen LogP contribution in [0.3, 0.4) is 0 Å². The second kappa shape index (κ2) is 6.02. The van der Waals surface area contributed by atoms with Crippen LogP contribution >= 0.6 is 11.6 Å². The molecule has 1 aliphatic carbocycles. The van der Waals surface area contributed by atoms with Crippen LogP contribution in [0, 0.1) is 0 Å². The molecule has 1 heterocycles. The van der Waals surface area contributed by atoms with Gasteiger partial charge in [0, 0.05) is 0 Å². The van der Waals surface area contributed by atoms with Crippen LogP contribution in [0.15, 0.2) is 40.8 Å². The number of halogens is 1. The van der Waals surface area contributed by atoms with Gasteiger partial charge in [0.1, 0.15) is 5.76 Å². The van der Waals surface area contributed by atoms with E-state index >= 15 is 0 Å². The summed E-state index contributed by atoms with van der Waals surface area (Å²) >= 11 is 5.89. The summed E-state index contributed by atoms with van der Waals surface area (Å²) in [6.45, 7) is 2.98. The molecule has 0 amide bonds. The third kappa shape index (κ3) is 2.77. The van der Waals surface area contributed by atoms with Gasteiger partial charge in [-0.05, 0) is 60.2 Å². The summed E-state index contributed by atoms with van der Waals surface area (Å²) in [6, 6.07) is 12.7. The van der Waals surface area contributed by atoms with Crippen molar-refractivity contribution in [3.8, 4) is 0 Å². The molecule has 0 bridgehead atoms. The first-order valence-corrected chi connectivity index (χ1v) is 7.74. The van der Waals surface area contributed by atoms with Crippen molar-refractivity contribution in [2.75, 3.05) is 6.54 Å². The first-order chi connectivity index (χ1) is 9.78. The Morgan fingerprint density at radius 1 is 1.20 bits per heavy atom. The minimum absolute atomic E-state index is 0.0722. The smallest absolute Gasteiger partial charge is 0.193 e. The fourth-order valence-electron chi connectivity index (χ4n) is 2.77. The lowest BCUT2D eigenvalue weighted by atomic mass is 9.80. The van der Waals surface area contributed by atoms with Gasteiger partial charge in [0.25, 0.3) is 0 Å². The standard InChI is InChI=1S/C17H20ClNO/c1-2-19-17(15-10-11-16(18)20-15)14-8-6-13(7-9-14)12-4-3-5-12/h6-12,17,19H,2-5H2,1H3. The number of benzene rings is 1. The van der Waals surface area contributed by atoms with E-state index in [2.05, 4.69) is 36.5 Å². The summed E-state index contributed by atoms with van der Waals surface area (Å²) in [6.07, 6.45) is 4.05. The monoisotopic (exact) mass is 289 g/mol. The third-order valence-corrected chi connectivity index (χ3v) is 4.34. The average molecular weight is 290 g/mol. The maximum absolute atomic E-state index is 5.89. The van der Waals surface area contributed by atoms with E-state index < -0.39 is 0 Å². The molecule has 1 unspecified atom stereocenters. The lowest BCUT2D eigenvalue weighted by Gasteiger charge is -2.26. The molecule has 2 nitrogen and oxygen atoms in total. The van der Waals surface area contributed by atoms with E-state index in [-0.39, 0.29) is 6.04 Å². The molecule has 2 aromatic rings. The third-order valence-electron chi connectivity index (χ3n) is 4.13.